The average Bonchev–Trinajstić information content (AvgIpc) is 3.28. The molecule has 7 nitrogen and oxygen atoms in total. The molecule has 0 fully saturated rings. The van der Waals surface area contributed by atoms with E-state index in [1.165, 1.54) is 11.8 Å². The van der Waals surface area contributed by atoms with Crippen molar-refractivity contribution in [2.75, 3.05) is 5.32 Å². The normalized spacial score (nSPS) is 12.6. The first-order chi connectivity index (χ1) is 11.6. The van der Waals surface area contributed by atoms with Crippen molar-refractivity contribution < 1.29 is 9.32 Å². The third-order valence-corrected chi connectivity index (χ3v) is 4.76. The summed E-state index contributed by atoms with van der Waals surface area (Å²) in [5.41, 5.74) is 0. The molecule has 0 spiro atoms. The van der Waals surface area contributed by atoms with Gasteiger partial charge in [0.2, 0.25) is 11.1 Å². The fourth-order valence-corrected chi connectivity index (χ4v) is 3.15. The second kappa shape index (κ2) is 7.45. The van der Waals surface area contributed by atoms with E-state index in [1.54, 1.807) is 31.3 Å². The monoisotopic (exact) mass is 361 g/mol. The average molecular weight is 361 g/mol. The van der Waals surface area contributed by atoms with E-state index in [2.05, 4.69) is 25.7 Å². The lowest BCUT2D eigenvalue weighted by atomic mass is 10.4. The Kier molecular flexibility index (Phi) is 5.11. The van der Waals surface area contributed by atoms with Crippen molar-refractivity contribution in [2.24, 2.45) is 0 Å². The summed E-state index contributed by atoms with van der Waals surface area (Å²) in [6.45, 7) is 3.55. The molecule has 1 unspecified atom stereocenters. The van der Waals surface area contributed by atoms with Crippen LogP contribution in [0.1, 0.15) is 23.4 Å². The zero-order valence-electron chi connectivity index (χ0n) is 13.0. The Morgan fingerprint density at radius 1 is 1.50 bits per heavy atom. The zero-order chi connectivity index (χ0) is 16.9. The van der Waals surface area contributed by atoms with E-state index in [1.807, 2.05) is 29.7 Å². The number of anilines is 1. The molecule has 1 atom stereocenters. The zero-order valence-corrected chi connectivity index (χ0v) is 14.6. The number of nitrogens with one attached hydrogen (secondary N) is 2. The Bertz CT molecular complexity index is 838. The molecule has 0 saturated carbocycles. The van der Waals surface area contributed by atoms with E-state index in [4.69, 9.17) is 4.52 Å². The number of thiophene rings is 1. The van der Waals surface area contributed by atoms with Crippen molar-refractivity contribution in [3.63, 3.8) is 0 Å². The lowest BCUT2D eigenvalue weighted by Gasteiger charge is -2.07. The second-order valence-electron chi connectivity index (χ2n) is 4.92. The molecule has 9 heteroatoms. The van der Waals surface area contributed by atoms with Gasteiger partial charge in [-0.2, -0.15) is 0 Å². The standard InChI is InChI=1S/C15H15N5O2S2/c1-9-8-13(20-22-9)16-14(21)10(2)24-15-17-12(18-19-15)6-5-11-4-3-7-23-11/h3-8,10H,1-2H3,(H,16,20,21)(H,17,18,19). The van der Waals surface area contributed by atoms with Crippen LogP contribution in [0.2, 0.25) is 0 Å². The van der Waals surface area contributed by atoms with Gasteiger partial charge in [0, 0.05) is 10.9 Å². The van der Waals surface area contributed by atoms with Crippen molar-refractivity contribution in [3.05, 3.63) is 40.0 Å². The number of aryl methyl sites for hydroxylation is 1. The number of H-pyrrole nitrogens is 1. The summed E-state index contributed by atoms with van der Waals surface area (Å²) in [6, 6.07) is 5.67. The third-order valence-electron chi connectivity index (χ3n) is 2.96. The minimum absolute atomic E-state index is 0.186. The predicted octanol–water partition coefficient (Wildman–Crippen LogP) is 3.45. The number of nitrogens with zero attached hydrogens (tertiary/aromatic N) is 3. The number of hydrogen-bond donors (Lipinski definition) is 2. The van der Waals surface area contributed by atoms with Gasteiger partial charge in [0.05, 0.1) is 5.25 Å². The minimum Gasteiger partial charge on any atom is -0.360 e. The highest BCUT2D eigenvalue weighted by Crippen LogP contribution is 2.21. The maximum Gasteiger partial charge on any atom is 0.238 e. The number of hydrogen-bond acceptors (Lipinski definition) is 7. The van der Waals surface area contributed by atoms with Crippen LogP contribution in [0.3, 0.4) is 0 Å². The molecule has 124 valence electrons. The van der Waals surface area contributed by atoms with Gasteiger partial charge in [-0.25, -0.2) is 4.98 Å². The van der Waals surface area contributed by atoms with Gasteiger partial charge in [-0.15, -0.1) is 16.4 Å². The number of rotatable bonds is 6. The SMILES string of the molecule is Cc1cc(NC(=O)C(C)Sc2n[nH]c(C=Cc3cccs3)n2)no1. The fourth-order valence-electron chi connectivity index (χ4n) is 1.80. The third kappa shape index (κ3) is 4.33. The smallest absolute Gasteiger partial charge is 0.238 e. The van der Waals surface area contributed by atoms with Crippen molar-refractivity contribution in [1.29, 1.82) is 0 Å². The highest BCUT2D eigenvalue weighted by molar-refractivity contribution is 8.00. The molecule has 3 aromatic heterocycles. The molecule has 1 amide bonds. The van der Waals surface area contributed by atoms with Gasteiger partial charge in [0.15, 0.2) is 5.82 Å². The Morgan fingerprint density at radius 3 is 3.08 bits per heavy atom. The Labute approximate surface area is 146 Å². The van der Waals surface area contributed by atoms with E-state index < -0.39 is 0 Å². The maximum atomic E-state index is 12.1. The molecule has 24 heavy (non-hydrogen) atoms. The molecule has 0 aromatic carbocycles. The van der Waals surface area contributed by atoms with Gasteiger partial charge >= 0.3 is 0 Å². The summed E-state index contributed by atoms with van der Waals surface area (Å²) in [6.07, 6.45) is 3.81. The number of amides is 1. The van der Waals surface area contributed by atoms with Crippen molar-refractivity contribution in [3.8, 4) is 0 Å². The van der Waals surface area contributed by atoms with Crippen LogP contribution in [0, 0.1) is 6.92 Å². The lowest BCUT2D eigenvalue weighted by molar-refractivity contribution is -0.115. The quantitative estimate of drug-likeness (QED) is 0.653. The molecule has 0 saturated heterocycles. The van der Waals surface area contributed by atoms with E-state index in [0.717, 1.165) is 4.88 Å². The molecule has 0 aliphatic heterocycles. The summed E-state index contributed by atoms with van der Waals surface area (Å²) < 4.78 is 4.92. The first kappa shape index (κ1) is 16.5. The number of thioether (sulfide) groups is 1. The van der Waals surface area contributed by atoms with Gasteiger partial charge < -0.3 is 9.84 Å². The van der Waals surface area contributed by atoms with Gasteiger partial charge in [0.25, 0.3) is 0 Å². The Morgan fingerprint density at radius 2 is 2.38 bits per heavy atom. The van der Waals surface area contributed by atoms with Crippen LogP contribution in [-0.2, 0) is 4.79 Å². The van der Waals surface area contributed by atoms with Crippen LogP contribution in [0.15, 0.2) is 33.3 Å². The molecular weight excluding hydrogens is 346 g/mol. The largest absolute Gasteiger partial charge is 0.360 e. The lowest BCUT2D eigenvalue weighted by Crippen LogP contribution is -2.22. The number of aromatic amines is 1. The molecule has 3 rings (SSSR count). The first-order valence-electron chi connectivity index (χ1n) is 7.15. The van der Waals surface area contributed by atoms with Crippen LogP contribution in [0.25, 0.3) is 12.2 Å². The maximum absolute atomic E-state index is 12.1. The van der Waals surface area contributed by atoms with Crippen LogP contribution in [0.5, 0.6) is 0 Å². The molecule has 0 radical (unpaired) electrons. The van der Waals surface area contributed by atoms with Crippen LogP contribution >= 0.6 is 23.1 Å². The van der Waals surface area contributed by atoms with Crippen molar-refractivity contribution in [1.82, 2.24) is 20.3 Å². The van der Waals surface area contributed by atoms with Gasteiger partial charge in [0.1, 0.15) is 11.6 Å². The highest BCUT2D eigenvalue weighted by atomic mass is 32.2. The minimum atomic E-state index is -0.369. The van der Waals surface area contributed by atoms with E-state index in [9.17, 15) is 4.79 Å². The summed E-state index contributed by atoms with van der Waals surface area (Å²) in [7, 11) is 0. The number of aromatic nitrogens is 4. The number of carbonyl (C=O) groups excluding carboxylic acids is 1. The summed E-state index contributed by atoms with van der Waals surface area (Å²) in [4.78, 5) is 17.6. The first-order valence-corrected chi connectivity index (χ1v) is 8.91. The van der Waals surface area contributed by atoms with Crippen molar-refractivity contribution in [2.45, 2.75) is 24.3 Å². The van der Waals surface area contributed by atoms with E-state index in [-0.39, 0.29) is 11.2 Å². The van der Waals surface area contributed by atoms with E-state index >= 15 is 0 Å². The van der Waals surface area contributed by atoms with Gasteiger partial charge in [-0.1, -0.05) is 23.0 Å². The molecule has 0 aliphatic rings. The molecule has 3 aromatic rings. The van der Waals surface area contributed by atoms with E-state index in [0.29, 0.717) is 22.6 Å². The summed E-state index contributed by atoms with van der Waals surface area (Å²) in [5, 5.41) is 15.5. The Balaban J connectivity index is 1.56. The molecule has 2 N–H and O–H groups in total. The second-order valence-corrected chi connectivity index (χ2v) is 7.21. The van der Waals surface area contributed by atoms with Crippen LogP contribution in [-0.4, -0.2) is 31.5 Å². The Hall–Kier alpha value is -2.39. The molecular formula is C15H15N5O2S2. The molecule has 3 heterocycles. The van der Waals surface area contributed by atoms with Gasteiger partial charge in [-0.3, -0.25) is 9.89 Å². The molecule has 0 bridgehead atoms. The predicted molar refractivity (Wildman–Crippen MR) is 94.8 cm³/mol. The van der Waals surface area contributed by atoms with Gasteiger partial charge in [-0.05, 0) is 37.4 Å². The summed E-state index contributed by atoms with van der Waals surface area (Å²) >= 11 is 2.91. The van der Waals surface area contributed by atoms with Crippen molar-refractivity contribution >= 4 is 47.0 Å². The number of carbonyl (C=O) groups is 1. The van der Waals surface area contributed by atoms with Crippen LogP contribution < -0.4 is 5.32 Å². The topological polar surface area (TPSA) is 96.7 Å². The summed E-state index contributed by atoms with van der Waals surface area (Å²) in [5.74, 6) is 1.50. The fraction of sp³-hybridized carbons (Fsp3) is 0.200. The molecule has 0 aliphatic carbocycles. The highest BCUT2D eigenvalue weighted by Gasteiger charge is 2.18. The van der Waals surface area contributed by atoms with Crippen LogP contribution in [0.4, 0.5) is 5.82 Å².